The van der Waals surface area contributed by atoms with Gasteiger partial charge in [-0.2, -0.15) is 0 Å². The number of rotatable bonds is 5. The summed E-state index contributed by atoms with van der Waals surface area (Å²) in [5.74, 6) is 0. The zero-order valence-corrected chi connectivity index (χ0v) is 12.5. The Labute approximate surface area is 120 Å². The van der Waals surface area contributed by atoms with E-state index in [0.29, 0.717) is 12.1 Å². The van der Waals surface area contributed by atoms with E-state index in [1.54, 1.807) is 13.1 Å². The zero-order chi connectivity index (χ0) is 13.9. The number of pyridine rings is 1. The number of aromatic nitrogens is 2. The van der Waals surface area contributed by atoms with Crippen molar-refractivity contribution in [2.24, 2.45) is 0 Å². The van der Waals surface area contributed by atoms with Gasteiger partial charge in [0.25, 0.3) is 10.0 Å². The van der Waals surface area contributed by atoms with Crippen molar-refractivity contribution in [3.63, 3.8) is 0 Å². The van der Waals surface area contributed by atoms with Crippen LogP contribution in [-0.4, -0.2) is 24.9 Å². The molecule has 2 aromatic heterocycles. The molecule has 0 saturated heterocycles. The minimum Gasteiger partial charge on any atom is -0.261 e. The normalized spacial score (nSPS) is 11.7. The molecule has 19 heavy (non-hydrogen) atoms. The summed E-state index contributed by atoms with van der Waals surface area (Å²) in [6.45, 7) is 1.91. The first kappa shape index (κ1) is 14.4. The summed E-state index contributed by atoms with van der Waals surface area (Å²) in [7, 11) is -3.55. The summed E-state index contributed by atoms with van der Waals surface area (Å²) < 4.78 is 27.0. The maximum absolute atomic E-state index is 12.0. The molecule has 2 rings (SSSR count). The molecule has 0 aliphatic carbocycles. The summed E-state index contributed by atoms with van der Waals surface area (Å²) in [5.41, 5.74) is 1.25. The second-order valence-corrected chi connectivity index (χ2v) is 7.35. The molecule has 8 heteroatoms. The van der Waals surface area contributed by atoms with Gasteiger partial charge < -0.3 is 0 Å². The number of nitrogens with zero attached hydrogens (tertiary/aromatic N) is 2. The summed E-state index contributed by atoms with van der Waals surface area (Å²) in [6, 6.07) is 5.53. The maximum Gasteiger partial charge on any atom is 0.251 e. The molecule has 0 radical (unpaired) electrons. The highest BCUT2D eigenvalue weighted by atomic mass is 35.5. The van der Waals surface area contributed by atoms with Gasteiger partial charge in [-0.25, -0.2) is 18.1 Å². The van der Waals surface area contributed by atoms with Gasteiger partial charge in [-0.3, -0.25) is 4.98 Å². The second kappa shape index (κ2) is 5.96. The van der Waals surface area contributed by atoms with E-state index >= 15 is 0 Å². The standard InChI is InChI=1S/C11H12ClN3O2S2/c1-8-10(18-11(12)15-8)19(16,17)14-7-5-9-4-2-3-6-13-9/h2-4,6,14H,5,7H2,1H3. The molecule has 0 saturated carbocycles. The zero-order valence-electron chi connectivity index (χ0n) is 10.1. The maximum atomic E-state index is 12.0. The number of hydrogen-bond donors (Lipinski definition) is 1. The van der Waals surface area contributed by atoms with Gasteiger partial charge in [0.05, 0.1) is 5.69 Å². The van der Waals surface area contributed by atoms with E-state index in [4.69, 9.17) is 11.6 Å². The van der Waals surface area contributed by atoms with Crippen LogP contribution in [-0.2, 0) is 16.4 Å². The van der Waals surface area contributed by atoms with Crippen LogP contribution in [0.25, 0.3) is 0 Å². The quantitative estimate of drug-likeness (QED) is 0.915. The molecule has 102 valence electrons. The molecule has 0 aliphatic rings. The highest BCUT2D eigenvalue weighted by Gasteiger charge is 2.20. The van der Waals surface area contributed by atoms with Crippen molar-refractivity contribution in [3.8, 4) is 0 Å². The molecule has 2 aromatic rings. The van der Waals surface area contributed by atoms with E-state index < -0.39 is 10.0 Å². The van der Waals surface area contributed by atoms with E-state index in [9.17, 15) is 8.42 Å². The van der Waals surface area contributed by atoms with Crippen molar-refractivity contribution in [1.29, 1.82) is 0 Å². The number of sulfonamides is 1. The highest BCUT2D eigenvalue weighted by Crippen LogP contribution is 2.26. The van der Waals surface area contributed by atoms with Gasteiger partial charge >= 0.3 is 0 Å². The fourth-order valence-corrected chi connectivity index (χ4v) is 4.34. The monoisotopic (exact) mass is 317 g/mol. The van der Waals surface area contributed by atoms with E-state index in [0.717, 1.165) is 17.0 Å². The van der Waals surface area contributed by atoms with Crippen LogP contribution in [0.4, 0.5) is 0 Å². The van der Waals surface area contributed by atoms with Crippen LogP contribution in [0, 0.1) is 6.92 Å². The number of aryl methyl sites for hydroxylation is 1. The van der Waals surface area contributed by atoms with Gasteiger partial charge in [-0.1, -0.05) is 29.0 Å². The fourth-order valence-electron chi connectivity index (χ4n) is 1.52. The Hall–Kier alpha value is -1.02. The Morgan fingerprint density at radius 2 is 2.21 bits per heavy atom. The summed E-state index contributed by atoms with van der Waals surface area (Å²) in [6.07, 6.45) is 2.21. The number of halogens is 1. The summed E-state index contributed by atoms with van der Waals surface area (Å²) in [5, 5.41) is 0. The Balaban J connectivity index is 2.01. The number of thiazole rings is 1. The van der Waals surface area contributed by atoms with Crippen molar-refractivity contribution in [2.75, 3.05) is 6.54 Å². The van der Waals surface area contributed by atoms with Crippen molar-refractivity contribution in [2.45, 2.75) is 17.6 Å². The summed E-state index contributed by atoms with van der Waals surface area (Å²) in [4.78, 5) is 8.02. The molecule has 0 spiro atoms. The fraction of sp³-hybridized carbons (Fsp3) is 0.273. The third-order valence-electron chi connectivity index (χ3n) is 2.37. The Morgan fingerprint density at radius 3 is 2.79 bits per heavy atom. The average molecular weight is 318 g/mol. The van der Waals surface area contributed by atoms with E-state index in [1.807, 2.05) is 18.2 Å². The molecule has 5 nitrogen and oxygen atoms in total. The third-order valence-corrected chi connectivity index (χ3v) is 5.70. The topological polar surface area (TPSA) is 72.0 Å². The molecule has 0 aromatic carbocycles. The SMILES string of the molecule is Cc1nc(Cl)sc1S(=O)(=O)NCCc1ccccn1. The first-order chi connectivity index (χ1) is 8.99. The molecule has 0 amide bonds. The first-order valence-corrected chi connectivity index (χ1v) is 8.19. The van der Waals surface area contributed by atoms with Crippen molar-refractivity contribution < 1.29 is 8.42 Å². The molecular formula is C11H12ClN3O2S2. The summed E-state index contributed by atoms with van der Waals surface area (Å²) >= 11 is 6.66. The van der Waals surface area contributed by atoms with Crippen LogP contribution in [0.5, 0.6) is 0 Å². The predicted octanol–water partition coefficient (Wildman–Crippen LogP) is 2.02. The molecule has 0 bridgehead atoms. The van der Waals surface area contributed by atoms with Gasteiger partial charge in [0.1, 0.15) is 0 Å². The Kier molecular flexibility index (Phi) is 4.51. The average Bonchev–Trinajstić information content (AvgIpc) is 2.70. The lowest BCUT2D eigenvalue weighted by atomic mass is 10.3. The van der Waals surface area contributed by atoms with E-state index in [2.05, 4.69) is 14.7 Å². The third kappa shape index (κ3) is 3.73. The van der Waals surface area contributed by atoms with Crippen LogP contribution < -0.4 is 4.72 Å². The highest BCUT2D eigenvalue weighted by molar-refractivity contribution is 7.91. The Morgan fingerprint density at radius 1 is 1.42 bits per heavy atom. The molecule has 0 fully saturated rings. The number of nitrogens with one attached hydrogen (secondary N) is 1. The molecule has 0 unspecified atom stereocenters. The van der Waals surface area contributed by atoms with Crippen molar-refractivity contribution in [3.05, 3.63) is 40.3 Å². The smallest absolute Gasteiger partial charge is 0.251 e. The molecular weight excluding hydrogens is 306 g/mol. The predicted molar refractivity (Wildman–Crippen MR) is 75.0 cm³/mol. The largest absolute Gasteiger partial charge is 0.261 e. The molecule has 1 N–H and O–H groups in total. The van der Waals surface area contributed by atoms with E-state index in [1.165, 1.54) is 0 Å². The lowest BCUT2D eigenvalue weighted by molar-refractivity contribution is 0.582. The van der Waals surface area contributed by atoms with Crippen LogP contribution in [0.1, 0.15) is 11.4 Å². The lowest BCUT2D eigenvalue weighted by Crippen LogP contribution is -2.26. The second-order valence-electron chi connectivity index (χ2n) is 3.81. The molecule has 0 aliphatic heterocycles. The minimum atomic E-state index is -3.55. The van der Waals surface area contributed by atoms with Gasteiger partial charge in [0.2, 0.25) is 0 Å². The Bertz CT molecular complexity index is 656. The molecule has 2 heterocycles. The van der Waals surface area contributed by atoms with Gasteiger partial charge in [-0.05, 0) is 19.1 Å². The number of hydrogen-bond acceptors (Lipinski definition) is 5. The van der Waals surface area contributed by atoms with Crippen LogP contribution in [0.15, 0.2) is 28.6 Å². The van der Waals surface area contributed by atoms with Crippen molar-refractivity contribution >= 4 is 33.0 Å². The van der Waals surface area contributed by atoms with E-state index in [-0.39, 0.29) is 15.2 Å². The van der Waals surface area contributed by atoms with Crippen LogP contribution in [0.3, 0.4) is 0 Å². The van der Waals surface area contributed by atoms with Gasteiger partial charge in [-0.15, -0.1) is 0 Å². The van der Waals surface area contributed by atoms with Gasteiger partial charge in [0, 0.05) is 24.9 Å². The minimum absolute atomic E-state index is 0.165. The van der Waals surface area contributed by atoms with Crippen LogP contribution >= 0.6 is 22.9 Å². The van der Waals surface area contributed by atoms with Crippen LogP contribution in [0.2, 0.25) is 4.47 Å². The van der Waals surface area contributed by atoms with Crippen molar-refractivity contribution in [1.82, 2.24) is 14.7 Å². The van der Waals surface area contributed by atoms with Gasteiger partial charge in [0.15, 0.2) is 8.68 Å². The molecule has 0 atom stereocenters. The first-order valence-electron chi connectivity index (χ1n) is 5.51. The lowest BCUT2D eigenvalue weighted by Gasteiger charge is -2.04.